The molecular formula is C14H17N3O2. The van der Waals surface area contributed by atoms with E-state index in [2.05, 4.69) is 10.3 Å². The molecular weight excluding hydrogens is 242 g/mol. The molecule has 0 spiro atoms. The smallest absolute Gasteiger partial charge is 0.255 e. The SMILES string of the molecule is Cc1ccc(C(=O)NCCCn2ccnc2)c(O)c1. The lowest BCUT2D eigenvalue weighted by Crippen LogP contribution is -2.25. The molecule has 0 aliphatic heterocycles. The van der Waals surface area contributed by atoms with E-state index in [1.54, 1.807) is 30.7 Å². The molecule has 2 aromatic rings. The molecule has 2 N–H and O–H groups in total. The summed E-state index contributed by atoms with van der Waals surface area (Å²) in [6, 6.07) is 5.02. The van der Waals surface area contributed by atoms with Crippen molar-refractivity contribution in [3.8, 4) is 5.75 Å². The van der Waals surface area contributed by atoms with Crippen LogP contribution >= 0.6 is 0 Å². The number of nitrogens with zero attached hydrogens (tertiary/aromatic N) is 2. The number of phenols is 1. The molecule has 0 atom stereocenters. The molecule has 1 aromatic heterocycles. The van der Waals surface area contributed by atoms with Crippen molar-refractivity contribution in [3.05, 3.63) is 48.0 Å². The van der Waals surface area contributed by atoms with E-state index in [0.717, 1.165) is 18.5 Å². The van der Waals surface area contributed by atoms with Crippen molar-refractivity contribution in [2.75, 3.05) is 6.54 Å². The minimum atomic E-state index is -0.247. The van der Waals surface area contributed by atoms with Crippen molar-refractivity contribution < 1.29 is 9.90 Å². The number of amides is 1. The molecule has 0 aliphatic rings. The van der Waals surface area contributed by atoms with Crippen LogP contribution in [0.3, 0.4) is 0 Å². The van der Waals surface area contributed by atoms with Crippen molar-refractivity contribution in [2.24, 2.45) is 0 Å². The van der Waals surface area contributed by atoms with Gasteiger partial charge in [-0.1, -0.05) is 6.07 Å². The highest BCUT2D eigenvalue weighted by molar-refractivity contribution is 5.96. The number of imidazole rings is 1. The van der Waals surface area contributed by atoms with E-state index in [1.165, 1.54) is 0 Å². The fraction of sp³-hybridized carbons (Fsp3) is 0.286. The number of aryl methyl sites for hydroxylation is 2. The van der Waals surface area contributed by atoms with Crippen LogP contribution in [0.25, 0.3) is 0 Å². The molecule has 19 heavy (non-hydrogen) atoms. The van der Waals surface area contributed by atoms with E-state index in [0.29, 0.717) is 12.1 Å². The Bertz CT molecular complexity index is 550. The third-order valence-electron chi connectivity index (χ3n) is 2.84. The summed E-state index contributed by atoms with van der Waals surface area (Å²) < 4.78 is 1.95. The Labute approximate surface area is 111 Å². The van der Waals surface area contributed by atoms with Crippen LogP contribution in [0.4, 0.5) is 0 Å². The average molecular weight is 259 g/mol. The molecule has 5 heteroatoms. The maximum absolute atomic E-state index is 11.8. The van der Waals surface area contributed by atoms with Gasteiger partial charge in [0.05, 0.1) is 11.9 Å². The van der Waals surface area contributed by atoms with Gasteiger partial charge in [0.1, 0.15) is 5.75 Å². The van der Waals surface area contributed by atoms with Crippen molar-refractivity contribution in [3.63, 3.8) is 0 Å². The summed E-state index contributed by atoms with van der Waals surface area (Å²) in [6.07, 6.45) is 6.17. The maximum Gasteiger partial charge on any atom is 0.255 e. The molecule has 0 saturated carbocycles. The summed E-state index contributed by atoms with van der Waals surface area (Å²) in [6.45, 7) is 3.23. The van der Waals surface area contributed by atoms with Gasteiger partial charge < -0.3 is 15.0 Å². The van der Waals surface area contributed by atoms with Gasteiger partial charge in [0.2, 0.25) is 0 Å². The number of rotatable bonds is 5. The number of benzene rings is 1. The van der Waals surface area contributed by atoms with E-state index < -0.39 is 0 Å². The Kier molecular flexibility index (Phi) is 4.18. The number of aromatic nitrogens is 2. The molecule has 0 aliphatic carbocycles. The summed E-state index contributed by atoms with van der Waals surface area (Å²) in [7, 11) is 0. The van der Waals surface area contributed by atoms with Gasteiger partial charge in [-0.05, 0) is 31.0 Å². The third-order valence-corrected chi connectivity index (χ3v) is 2.84. The number of carbonyl (C=O) groups is 1. The van der Waals surface area contributed by atoms with Gasteiger partial charge in [-0.15, -0.1) is 0 Å². The molecule has 1 heterocycles. The Hall–Kier alpha value is -2.30. The highest BCUT2D eigenvalue weighted by atomic mass is 16.3. The second-order valence-corrected chi connectivity index (χ2v) is 4.43. The minimum absolute atomic E-state index is 0.0205. The second-order valence-electron chi connectivity index (χ2n) is 4.43. The molecule has 5 nitrogen and oxygen atoms in total. The molecule has 0 bridgehead atoms. The van der Waals surface area contributed by atoms with Gasteiger partial charge in [-0.25, -0.2) is 4.98 Å². The summed E-state index contributed by atoms with van der Waals surface area (Å²) in [5.74, 6) is -0.227. The van der Waals surface area contributed by atoms with Gasteiger partial charge in [-0.3, -0.25) is 4.79 Å². The standard InChI is InChI=1S/C14H17N3O2/c1-11-3-4-12(13(18)9-11)14(19)16-5-2-7-17-8-6-15-10-17/h3-4,6,8-10,18H,2,5,7H2,1H3,(H,16,19). The minimum Gasteiger partial charge on any atom is -0.507 e. The maximum atomic E-state index is 11.8. The molecule has 1 aromatic carbocycles. The molecule has 1 amide bonds. The number of carbonyl (C=O) groups excluding carboxylic acids is 1. The highest BCUT2D eigenvalue weighted by Crippen LogP contribution is 2.17. The fourth-order valence-electron chi connectivity index (χ4n) is 1.81. The zero-order valence-electron chi connectivity index (χ0n) is 10.8. The molecule has 0 radical (unpaired) electrons. The van der Waals surface area contributed by atoms with E-state index in [-0.39, 0.29) is 11.7 Å². The molecule has 0 fully saturated rings. The van der Waals surface area contributed by atoms with Crippen molar-refractivity contribution in [2.45, 2.75) is 19.9 Å². The van der Waals surface area contributed by atoms with Crippen LogP contribution in [0.15, 0.2) is 36.9 Å². The quantitative estimate of drug-likeness (QED) is 0.803. The van der Waals surface area contributed by atoms with Crippen molar-refractivity contribution in [1.82, 2.24) is 14.9 Å². The third kappa shape index (κ3) is 3.58. The first-order valence-corrected chi connectivity index (χ1v) is 6.20. The highest BCUT2D eigenvalue weighted by Gasteiger charge is 2.09. The van der Waals surface area contributed by atoms with Gasteiger partial charge in [0.25, 0.3) is 5.91 Å². The van der Waals surface area contributed by atoms with E-state index in [4.69, 9.17) is 0 Å². The largest absolute Gasteiger partial charge is 0.507 e. The van der Waals surface area contributed by atoms with Crippen LogP contribution in [0.1, 0.15) is 22.3 Å². The first kappa shape index (κ1) is 13.1. The van der Waals surface area contributed by atoms with Gasteiger partial charge in [0, 0.05) is 25.5 Å². The summed E-state index contributed by atoms with van der Waals surface area (Å²) in [5.41, 5.74) is 1.24. The first-order valence-electron chi connectivity index (χ1n) is 6.20. The lowest BCUT2D eigenvalue weighted by Gasteiger charge is -2.07. The average Bonchev–Trinajstić information content (AvgIpc) is 2.87. The van der Waals surface area contributed by atoms with Crippen LogP contribution in [-0.2, 0) is 6.54 Å². The lowest BCUT2D eigenvalue weighted by molar-refractivity contribution is 0.0950. The zero-order valence-corrected chi connectivity index (χ0v) is 10.8. The Morgan fingerprint density at radius 1 is 1.47 bits per heavy atom. The second kappa shape index (κ2) is 6.04. The topological polar surface area (TPSA) is 67.2 Å². The molecule has 100 valence electrons. The lowest BCUT2D eigenvalue weighted by atomic mass is 10.1. The van der Waals surface area contributed by atoms with E-state index >= 15 is 0 Å². The molecule has 2 rings (SSSR count). The Morgan fingerprint density at radius 3 is 3.00 bits per heavy atom. The summed E-state index contributed by atoms with van der Waals surface area (Å²) in [5, 5.41) is 12.5. The predicted molar refractivity (Wildman–Crippen MR) is 72.0 cm³/mol. The van der Waals surface area contributed by atoms with Gasteiger partial charge in [-0.2, -0.15) is 0 Å². The Balaban J connectivity index is 1.81. The normalized spacial score (nSPS) is 10.4. The summed E-state index contributed by atoms with van der Waals surface area (Å²) in [4.78, 5) is 15.8. The van der Waals surface area contributed by atoms with Gasteiger partial charge >= 0.3 is 0 Å². The first-order chi connectivity index (χ1) is 9.16. The summed E-state index contributed by atoms with van der Waals surface area (Å²) >= 11 is 0. The van der Waals surface area contributed by atoms with Crippen LogP contribution in [0.5, 0.6) is 5.75 Å². The van der Waals surface area contributed by atoms with E-state index in [9.17, 15) is 9.90 Å². The monoisotopic (exact) mass is 259 g/mol. The molecule has 0 saturated heterocycles. The fourth-order valence-corrected chi connectivity index (χ4v) is 1.81. The number of nitrogens with one attached hydrogen (secondary N) is 1. The number of aromatic hydroxyl groups is 1. The number of hydrogen-bond donors (Lipinski definition) is 2. The van der Waals surface area contributed by atoms with Crippen molar-refractivity contribution >= 4 is 5.91 Å². The van der Waals surface area contributed by atoms with Crippen LogP contribution in [-0.4, -0.2) is 27.1 Å². The molecule has 0 unspecified atom stereocenters. The van der Waals surface area contributed by atoms with E-state index in [1.807, 2.05) is 17.7 Å². The predicted octanol–water partition coefficient (Wildman–Crippen LogP) is 1.72. The van der Waals surface area contributed by atoms with Crippen LogP contribution < -0.4 is 5.32 Å². The number of phenolic OH excluding ortho intramolecular Hbond substituents is 1. The number of hydrogen-bond acceptors (Lipinski definition) is 3. The van der Waals surface area contributed by atoms with Crippen molar-refractivity contribution in [1.29, 1.82) is 0 Å². The van der Waals surface area contributed by atoms with Crippen LogP contribution in [0, 0.1) is 6.92 Å². The zero-order chi connectivity index (χ0) is 13.7. The van der Waals surface area contributed by atoms with Gasteiger partial charge in [0.15, 0.2) is 0 Å². The Morgan fingerprint density at radius 2 is 2.32 bits per heavy atom. The van der Waals surface area contributed by atoms with Crippen LogP contribution in [0.2, 0.25) is 0 Å².